The number of nitrogens with zero attached hydrogens (tertiary/aromatic N) is 1. The lowest BCUT2D eigenvalue weighted by atomic mass is 9.70. The van der Waals surface area contributed by atoms with Crippen molar-refractivity contribution in [2.75, 3.05) is 6.54 Å². The molecule has 2 fully saturated rings. The van der Waals surface area contributed by atoms with Gasteiger partial charge in [-0.05, 0) is 29.7 Å². The highest BCUT2D eigenvalue weighted by molar-refractivity contribution is 5.85. The second-order valence-electron chi connectivity index (χ2n) is 7.33. The first-order valence-electron chi connectivity index (χ1n) is 8.12. The molecular weight excluding hydrogens is 260 g/mol. The molecule has 0 aromatic heterocycles. The first-order chi connectivity index (χ1) is 10.0. The van der Waals surface area contributed by atoms with Crippen molar-refractivity contribution >= 4 is 5.91 Å². The molecule has 2 aliphatic rings. The summed E-state index contributed by atoms with van der Waals surface area (Å²) >= 11 is 0. The number of carbonyl (C=O) groups excluding carboxylic acids is 1. The molecule has 1 aliphatic carbocycles. The van der Waals surface area contributed by atoms with Gasteiger partial charge in [0.15, 0.2) is 0 Å². The quantitative estimate of drug-likeness (QED) is 0.921. The molecule has 1 aliphatic heterocycles. The molecule has 2 atom stereocenters. The highest BCUT2D eigenvalue weighted by Crippen LogP contribution is 2.42. The van der Waals surface area contributed by atoms with Gasteiger partial charge in [0.25, 0.3) is 0 Å². The minimum atomic E-state index is -0.178. The van der Waals surface area contributed by atoms with Gasteiger partial charge in [0.1, 0.15) is 6.04 Å². The minimum absolute atomic E-state index is 0.153. The molecule has 0 radical (unpaired) electrons. The summed E-state index contributed by atoms with van der Waals surface area (Å²) in [6.07, 6.45) is 3.95. The Labute approximate surface area is 127 Å². The van der Waals surface area contributed by atoms with E-state index in [9.17, 15) is 4.79 Å². The van der Waals surface area contributed by atoms with E-state index in [1.54, 1.807) is 0 Å². The average molecular weight is 286 g/mol. The van der Waals surface area contributed by atoms with E-state index in [4.69, 9.17) is 0 Å². The third-order valence-electron chi connectivity index (χ3n) is 5.08. The summed E-state index contributed by atoms with van der Waals surface area (Å²) in [6.45, 7) is 7.59. The van der Waals surface area contributed by atoms with Crippen LogP contribution in [0.1, 0.15) is 51.6 Å². The number of nitrogens with one attached hydrogen (secondary N) is 1. The molecule has 0 spiro atoms. The number of carbonyl (C=O) groups is 1. The SMILES string of the molecule is CC(C)C1NC(c2ccccc2)C(=O)N1CC1(C)CCC1. The van der Waals surface area contributed by atoms with E-state index in [2.05, 4.69) is 31.0 Å². The molecule has 3 heteroatoms. The molecule has 114 valence electrons. The first kappa shape index (κ1) is 14.6. The van der Waals surface area contributed by atoms with E-state index in [0.717, 1.165) is 12.1 Å². The molecule has 1 aromatic rings. The van der Waals surface area contributed by atoms with Crippen molar-refractivity contribution < 1.29 is 4.79 Å². The lowest BCUT2D eigenvalue weighted by Crippen LogP contribution is -2.48. The summed E-state index contributed by atoms with van der Waals surface area (Å²) in [5, 5.41) is 3.55. The van der Waals surface area contributed by atoms with Crippen LogP contribution in [0, 0.1) is 11.3 Å². The van der Waals surface area contributed by atoms with Crippen LogP contribution in [0.5, 0.6) is 0 Å². The van der Waals surface area contributed by atoms with Crippen LogP contribution < -0.4 is 5.32 Å². The molecular formula is C18H26N2O. The van der Waals surface area contributed by atoms with Crippen molar-refractivity contribution in [2.45, 2.75) is 52.2 Å². The Bertz CT molecular complexity index is 507. The maximum Gasteiger partial charge on any atom is 0.245 e. The van der Waals surface area contributed by atoms with E-state index >= 15 is 0 Å². The summed E-state index contributed by atoms with van der Waals surface area (Å²) in [5.74, 6) is 0.666. The molecule has 1 amide bonds. The molecule has 1 aromatic carbocycles. The summed E-state index contributed by atoms with van der Waals surface area (Å²) in [7, 11) is 0. The summed E-state index contributed by atoms with van der Waals surface area (Å²) in [6, 6.07) is 9.91. The topological polar surface area (TPSA) is 32.3 Å². The molecule has 21 heavy (non-hydrogen) atoms. The fraction of sp³-hybridized carbons (Fsp3) is 0.611. The van der Waals surface area contributed by atoms with Gasteiger partial charge in [-0.3, -0.25) is 10.1 Å². The van der Waals surface area contributed by atoms with Gasteiger partial charge in [0.2, 0.25) is 5.91 Å². The van der Waals surface area contributed by atoms with Crippen molar-refractivity contribution in [1.29, 1.82) is 0 Å². The number of benzene rings is 1. The zero-order valence-electron chi connectivity index (χ0n) is 13.3. The summed E-state index contributed by atoms with van der Waals surface area (Å²) in [4.78, 5) is 15.0. The van der Waals surface area contributed by atoms with Crippen LogP contribution in [-0.2, 0) is 4.79 Å². The Morgan fingerprint density at radius 3 is 2.48 bits per heavy atom. The van der Waals surface area contributed by atoms with Crippen molar-refractivity contribution in [3.8, 4) is 0 Å². The molecule has 2 unspecified atom stereocenters. The van der Waals surface area contributed by atoms with Crippen LogP contribution in [0.15, 0.2) is 30.3 Å². The zero-order valence-corrected chi connectivity index (χ0v) is 13.3. The van der Waals surface area contributed by atoms with E-state index in [1.165, 1.54) is 19.3 Å². The third-order valence-corrected chi connectivity index (χ3v) is 5.08. The monoisotopic (exact) mass is 286 g/mol. The van der Waals surface area contributed by atoms with Gasteiger partial charge in [-0.2, -0.15) is 0 Å². The molecule has 3 nitrogen and oxygen atoms in total. The predicted octanol–water partition coefficient (Wildman–Crippen LogP) is 3.33. The number of rotatable bonds is 4. The maximum atomic E-state index is 12.9. The number of amides is 1. The van der Waals surface area contributed by atoms with Gasteiger partial charge in [0.05, 0.1) is 6.17 Å². The standard InChI is InChI=1S/C18H26N2O/c1-13(2)16-19-15(14-8-5-4-6-9-14)17(21)20(16)12-18(3)10-7-11-18/h4-6,8-9,13,15-16,19H,7,10-12H2,1-3H3. The molecule has 1 heterocycles. The van der Waals surface area contributed by atoms with Gasteiger partial charge in [-0.15, -0.1) is 0 Å². The van der Waals surface area contributed by atoms with E-state index in [-0.39, 0.29) is 18.1 Å². The van der Waals surface area contributed by atoms with E-state index in [1.807, 2.05) is 30.3 Å². The molecule has 1 saturated heterocycles. The number of hydrogen-bond donors (Lipinski definition) is 1. The van der Waals surface area contributed by atoms with Crippen LogP contribution in [0.2, 0.25) is 0 Å². The Hall–Kier alpha value is -1.35. The van der Waals surface area contributed by atoms with Gasteiger partial charge in [0, 0.05) is 6.54 Å². The van der Waals surface area contributed by atoms with Crippen molar-refractivity contribution in [3.63, 3.8) is 0 Å². The van der Waals surface area contributed by atoms with Crippen LogP contribution in [0.25, 0.3) is 0 Å². The van der Waals surface area contributed by atoms with Crippen LogP contribution in [0.4, 0.5) is 0 Å². The molecule has 0 bridgehead atoms. The van der Waals surface area contributed by atoms with Crippen LogP contribution >= 0.6 is 0 Å². The smallest absolute Gasteiger partial charge is 0.245 e. The predicted molar refractivity (Wildman–Crippen MR) is 84.6 cm³/mol. The summed E-state index contributed by atoms with van der Waals surface area (Å²) < 4.78 is 0. The lowest BCUT2D eigenvalue weighted by Gasteiger charge is -2.43. The third kappa shape index (κ3) is 2.71. The second-order valence-corrected chi connectivity index (χ2v) is 7.33. The van der Waals surface area contributed by atoms with Gasteiger partial charge in [-0.1, -0.05) is 57.5 Å². The van der Waals surface area contributed by atoms with Crippen molar-refractivity contribution in [2.24, 2.45) is 11.3 Å². The Morgan fingerprint density at radius 1 is 1.29 bits per heavy atom. The molecule has 1 N–H and O–H groups in total. The van der Waals surface area contributed by atoms with Gasteiger partial charge >= 0.3 is 0 Å². The fourth-order valence-corrected chi connectivity index (χ4v) is 3.60. The Balaban J connectivity index is 1.82. The summed E-state index contributed by atoms with van der Waals surface area (Å²) in [5.41, 5.74) is 1.41. The maximum absolute atomic E-state index is 12.9. The highest BCUT2D eigenvalue weighted by Gasteiger charge is 2.45. The van der Waals surface area contributed by atoms with Crippen LogP contribution in [0.3, 0.4) is 0 Å². The fourth-order valence-electron chi connectivity index (χ4n) is 3.60. The lowest BCUT2D eigenvalue weighted by molar-refractivity contribution is -0.133. The van der Waals surface area contributed by atoms with Gasteiger partial charge < -0.3 is 4.90 Å². The zero-order chi connectivity index (χ0) is 15.0. The first-order valence-corrected chi connectivity index (χ1v) is 8.12. The van der Waals surface area contributed by atoms with Crippen molar-refractivity contribution in [3.05, 3.63) is 35.9 Å². The highest BCUT2D eigenvalue weighted by atomic mass is 16.2. The second kappa shape index (κ2) is 5.45. The molecule has 1 saturated carbocycles. The van der Waals surface area contributed by atoms with Gasteiger partial charge in [-0.25, -0.2) is 0 Å². The molecule has 3 rings (SSSR count). The van der Waals surface area contributed by atoms with Crippen molar-refractivity contribution in [1.82, 2.24) is 10.2 Å². The Kier molecular flexibility index (Phi) is 3.78. The normalized spacial score (nSPS) is 28.0. The largest absolute Gasteiger partial charge is 0.325 e. The van der Waals surface area contributed by atoms with Crippen LogP contribution in [-0.4, -0.2) is 23.5 Å². The minimum Gasteiger partial charge on any atom is -0.325 e. The average Bonchev–Trinajstić information content (AvgIpc) is 2.76. The van der Waals surface area contributed by atoms with E-state index in [0.29, 0.717) is 11.3 Å². The van der Waals surface area contributed by atoms with E-state index < -0.39 is 0 Å². The Morgan fingerprint density at radius 2 is 1.95 bits per heavy atom. The number of hydrogen-bond acceptors (Lipinski definition) is 2.